The summed E-state index contributed by atoms with van der Waals surface area (Å²) in [6.07, 6.45) is -1.33. The van der Waals surface area contributed by atoms with Gasteiger partial charge in [0.2, 0.25) is 0 Å². The highest BCUT2D eigenvalue weighted by Gasteiger charge is 2.25. The van der Waals surface area contributed by atoms with Crippen molar-refractivity contribution in [2.75, 3.05) is 5.32 Å². The Hall–Kier alpha value is -2.53. The van der Waals surface area contributed by atoms with Crippen LogP contribution in [0.2, 0.25) is 5.02 Å². The Balaban J connectivity index is 1.93. The van der Waals surface area contributed by atoms with Gasteiger partial charge in [0.15, 0.2) is 12.2 Å². The molecule has 0 bridgehead atoms. The van der Waals surface area contributed by atoms with Crippen LogP contribution in [0.15, 0.2) is 54.6 Å². The van der Waals surface area contributed by atoms with Gasteiger partial charge in [0.05, 0.1) is 10.7 Å². The Bertz CT molecular complexity index is 720. The Labute approximate surface area is 151 Å². The first-order valence-electron chi connectivity index (χ1n) is 7.98. The summed E-state index contributed by atoms with van der Waals surface area (Å²) in [5, 5.41) is 3.04. The zero-order chi connectivity index (χ0) is 18.2. The van der Waals surface area contributed by atoms with Crippen molar-refractivity contribution < 1.29 is 19.1 Å². The predicted octanol–water partition coefficient (Wildman–Crippen LogP) is 4.07. The molecule has 0 spiro atoms. The Kier molecular flexibility index (Phi) is 6.83. The number of ether oxygens (including phenoxy) is 2. The third-order valence-electron chi connectivity index (χ3n) is 3.45. The Morgan fingerprint density at radius 3 is 2.36 bits per heavy atom. The molecule has 0 aliphatic carbocycles. The summed E-state index contributed by atoms with van der Waals surface area (Å²) in [5.41, 5.74) is 0.463. The minimum absolute atomic E-state index is 0.410. The predicted molar refractivity (Wildman–Crippen MR) is 96.8 cm³/mol. The summed E-state index contributed by atoms with van der Waals surface area (Å²) >= 11 is 6.00. The molecule has 6 heteroatoms. The molecule has 0 saturated carbocycles. The number of hydrogen-bond donors (Lipinski definition) is 1. The topological polar surface area (TPSA) is 64.6 Å². The number of anilines is 1. The zero-order valence-corrected chi connectivity index (χ0v) is 14.8. The number of rotatable bonds is 7. The molecule has 0 aromatic heterocycles. The highest BCUT2D eigenvalue weighted by Crippen LogP contribution is 2.21. The molecular weight excluding hydrogens is 342 g/mol. The van der Waals surface area contributed by atoms with E-state index in [1.807, 2.05) is 25.1 Å². The molecular formula is C19H20ClNO4. The van der Waals surface area contributed by atoms with E-state index in [-0.39, 0.29) is 0 Å². The maximum Gasteiger partial charge on any atom is 0.348 e. The van der Waals surface area contributed by atoms with Crippen LogP contribution in [-0.2, 0) is 14.3 Å². The quantitative estimate of drug-likeness (QED) is 0.755. The SMILES string of the molecule is CC[C@@H](Oc1ccccc1)C(=O)O[C@@H](C)C(=O)Nc1ccccc1Cl. The van der Waals surface area contributed by atoms with E-state index in [1.165, 1.54) is 6.92 Å². The van der Waals surface area contributed by atoms with E-state index in [0.717, 1.165) is 0 Å². The van der Waals surface area contributed by atoms with Gasteiger partial charge in [0.1, 0.15) is 5.75 Å². The van der Waals surface area contributed by atoms with Crippen LogP contribution in [0.4, 0.5) is 5.69 Å². The molecule has 0 radical (unpaired) electrons. The molecule has 2 aromatic carbocycles. The number of hydrogen-bond acceptors (Lipinski definition) is 4. The van der Waals surface area contributed by atoms with Crippen LogP contribution in [0.1, 0.15) is 20.3 Å². The summed E-state index contributed by atoms with van der Waals surface area (Å²) in [4.78, 5) is 24.4. The lowest BCUT2D eigenvalue weighted by Crippen LogP contribution is -2.36. The smallest absolute Gasteiger partial charge is 0.348 e. The maximum atomic E-state index is 12.3. The highest BCUT2D eigenvalue weighted by atomic mass is 35.5. The minimum Gasteiger partial charge on any atom is -0.479 e. The summed E-state index contributed by atoms with van der Waals surface area (Å²) in [6, 6.07) is 15.8. The first-order valence-corrected chi connectivity index (χ1v) is 8.36. The van der Waals surface area contributed by atoms with Crippen molar-refractivity contribution in [3.8, 4) is 5.75 Å². The van der Waals surface area contributed by atoms with Crippen molar-refractivity contribution in [3.05, 3.63) is 59.6 Å². The summed E-state index contributed by atoms with van der Waals surface area (Å²) in [7, 11) is 0. The van der Waals surface area contributed by atoms with E-state index in [4.69, 9.17) is 21.1 Å². The van der Waals surface area contributed by atoms with Gasteiger partial charge in [-0.2, -0.15) is 0 Å². The minimum atomic E-state index is -0.975. The fourth-order valence-electron chi connectivity index (χ4n) is 2.06. The van der Waals surface area contributed by atoms with Crippen LogP contribution in [-0.4, -0.2) is 24.1 Å². The lowest BCUT2D eigenvalue weighted by molar-refractivity contribution is -0.160. The van der Waals surface area contributed by atoms with Crippen molar-refractivity contribution >= 4 is 29.2 Å². The van der Waals surface area contributed by atoms with Gasteiger partial charge in [0, 0.05) is 0 Å². The van der Waals surface area contributed by atoms with Crippen LogP contribution in [0.25, 0.3) is 0 Å². The molecule has 132 valence electrons. The molecule has 0 aliphatic rings. The van der Waals surface area contributed by atoms with Crippen molar-refractivity contribution in [2.24, 2.45) is 0 Å². The van der Waals surface area contributed by atoms with Crippen LogP contribution >= 0.6 is 11.6 Å². The fourth-order valence-corrected chi connectivity index (χ4v) is 2.25. The van der Waals surface area contributed by atoms with E-state index < -0.39 is 24.1 Å². The second-order valence-electron chi connectivity index (χ2n) is 5.38. The van der Waals surface area contributed by atoms with E-state index in [9.17, 15) is 9.59 Å². The van der Waals surface area contributed by atoms with Crippen molar-refractivity contribution in [1.82, 2.24) is 0 Å². The van der Waals surface area contributed by atoms with Crippen LogP contribution in [0.5, 0.6) is 5.75 Å². The molecule has 2 atom stereocenters. The van der Waals surface area contributed by atoms with E-state index >= 15 is 0 Å². The van der Waals surface area contributed by atoms with Crippen LogP contribution < -0.4 is 10.1 Å². The number of nitrogens with one attached hydrogen (secondary N) is 1. The van der Waals surface area contributed by atoms with E-state index in [0.29, 0.717) is 22.9 Å². The molecule has 0 unspecified atom stereocenters. The second-order valence-corrected chi connectivity index (χ2v) is 5.78. The molecule has 0 saturated heterocycles. The van der Waals surface area contributed by atoms with Crippen molar-refractivity contribution in [3.63, 3.8) is 0 Å². The second kappa shape index (κ2) is 9.08. The number of benzene rings is 2. The third-order valence-corrected chi connectivity index (χ3v) is 3.78. The summed E-state index contributed by atoms with van der Waals surface area (Å²) < 4.78 is 10.8. The number of carbonyl (C=O) groups is 2. The molecule has 1 amide bonds. The number of halogens is 1. The van der Waals surface area contributed by atoms with Gasteiger partial charge in [-0.25, -0.2) is 4.79 Å². The molecule has 5 nitrogen and oxygen atoms in total. The molecule has 0 fully saturated rings. The Morgan fingerprint density at radius 2 is 1.72 bits per heavy atom. The maximum absolute atomic E-state index is 12.3. The number of esters is 1. The number of para-hydroxylation sites is 2. The standard InChI is InChI=1S/C19H20ClNO4/c1-3-17(25-14-9-5-4-6-10-14)19(23)24-13(2)18(22)21-16-12-8-7-11-15(16)20/h4-13,17H,3H2,1-2H3,(H,21,22)/t13-,17+/m0/s1. The van der Waals surface area contributed by atoms with Crippen LogP contribution in [0, 0.1) is 0 Å². The van der Waals surface area contributed by atoms with Gasteiger partial charge in [-0.3, -0.25) is 4.79 Å². The highest BCUT2D eigenvalue weighted by molar-refractivity contribution is 6.33. The largest absolute Gasteiger partial charge is 0.479 e. The van der Waals surface area contributed by atoms with Gasteiger partial charge in [-0.05, 0) is 37.6 Å². The van der Waals surface area contributed by atoms with E-state index in [1.54, 1.807) is 36.4 Å². The molecule has 0 heterocycles. The average Bonchev–Trinajstić information content (AvgIpc) is 2.62. The number of carbonyl (C=O) groups excluding carboxylic acids is 2. The molecule has 0 aliphatic heterocycles. The van der Waals surface area contributed by atoms with E-state index in [2.05, 4.69) is 5.32 Å². The summed E-state index contributed by atoms with van der Waals surface area (Å²) in [6.45, 7) is 3.31. The Morgan fingerprint density at radius 1 is 1.08 bits per heavy atom. The van der Waals surface area contributed by atoms with Gasteiger partial charge in [-0.1, -0.05) is 48.9 Å². The van der Waals surface area contributed by atoms with Gasteiger partial charge < -0.3 is 14.8 Å². The zero-order valence-electron chi connectivity index (χ0n) is 14.1. The average molecular weight is 362 g/mol. The first-order chi connectivity index (χ1) is 12.0. The summed E-state index contributed by atoms with van der Waals surface area (Å²) in [5.74, 6) is -0.483. The molecule has 1 N–H and O–H groups in total. The lowest BCUT2D eigenvalue weighted by atomic mass is 10.2. The van der Waals surface area contributed by atoms with Crippen LogP contribution in [0.3, 0.4) is 0 Å². The van der Waals surface area contributed by atoms with Crippen molar-refractivity contribution in [2.45, 2.75) is 32.5 Å². The normalized spacial score (nSPS) is 12.8. The van der Waals surface area contributed by atoms with Gasteiger partial charge >= 0.3 is 5.97 Å². The molecule has 2 rings (SSSR count). The third kappa shape index (κ3) is 5.50. The monoisotopic (exact) mass is 361 g/mol. The molecule has 2 aromatic rings. The van der Waals surface area contributed by atoms with Crippen molar-refractivity contribution in [1.29, 1.82) is 0 Å². The number of amides is 1. The van der Waals surface area contributed by atoms with Gasteiger partial charge in [0.25, 0.3) is 5.91 Å². The lowest BCUT2D eigenvalue weighted by Gasteiger charge is -2.19. The molecule has 25 heavy (non-hydrogen) atoms. The van der Waals surface area contributed by atoms with Gasteiger partial charge in [-0.15, -0.1) is 0 Å². The first kappa shape index (κ1) is 18.8. The fraction of sp³-hybridized carbons (Fsp3) is 0.263.